The minimum absolute atomic E-state index is 0. The zero-order valence-electron chi connectivity index (χ0n) is 3.64. The van der Waals surface area contributed by atoms with Crippen molar-refractivity contribution in [1.82, 2.24) is 6.15 Å². The molecule has 3 heteroatoms. The maximum atomic E-state index is 4.72. The molecule has 0 radical (unpaired) electrons. The summed E-state index contributed by atoms with van der Waals surface area (Å²) in [6.07, 6.45) is 1.28. The van der Waals surface area contributed by atoms with Crippen LogP contribution in [0.15, 0.2) is 0 Å². The summed E-state index contributed by atoms with van der Waals surface area (Å²) in [4.78, 5) is 0. The van der Waals surface area contributed by atoms with Crippen LogP contribution < -0.4 is 6.15 Å². The molecule has 1 heterocycles. The average Bonchev–Trinajstić information content (AvgIpc) is 0.722. The summed E-state index contributed by atoms with van der Waals surface area (Å²) in [6, 6.07) is 0. The van der Waals surface area contributed by atoms with Crippen LogP contribution in [0.2, 0.25) is 0 Å². The Kier molecular flexibility index (Phi) is 8.26. The summed E-state index contributed by atoms with van der Waals surface area (Å²) >= 11 is 0. The first-order valence-electron chi connectivity index (χ1n) is 1.58. The van der Waals surface area contributed by atoms with Gasteiger partial charge in [0.15, 0.2) is 0 Å². The molecule has 0 spiro atoms. The van der Waals surface area contributed by atoms with Gasteiger partial charge in [0.1, 0.15) is 0 Å². The van der Waals surface area contributed by atoms with E-state index >= 15 is 0 Å². The topological polar surface area (TPSA) is 44.2 Å². The lowest BCUT2D eigenvalue weighted by Crippen LogP contribution is -2.09. The van der Waals surface area contributed by atoms with Crippen molar-refractivity contribution in [3.8, 4) is 0 Å². The van der Waals surface area contributed by atoms with E-state index in [0.717, 1.165) is 13.2 Å². The van der Waals surface area contributed by atoms with Gasteiger partial charge in [-0.1, -0.05) is 0 Å². The van der Waals surface area contributed by atoms with E-state index in [0.29, 0.717) is 0 Å². The smallest absolute Gasteiger partial charge is 0.0488 e. The van der Waals surface area contributed by atoms with Gasteiger partial charge in [-0.15, -0.1) is 12.4 Å². The van der Waals surface area contributed by atoms with Gasteiger partial charge in [0.25, 0.3) is 0 Å². The Hall–Kier alpha value is 0.210. The van der Waals surface area contributed by atoms with Crippen molar-refractivity contribution in [3.63, 3.8) is 0 Å². The molecule has 1 aliphatic heterocycles. The molecule has 0 unspecified atom stereocenters. The monoisotopic (exact) mass is 111 g/mol. The summed E-state index contributed by atoms with van der Waals surface area (Å²) in [6.45, 7) is 2.00. The van der Waals surface area contributed by atoms with Gasteiger partial charge in [-0.3, -0.25) is 0 Å². The Bertz CT molecular complexity index is 18.8. The maximum absolute atomic E-state index is 4.72. The SMILES string of the molecule is C1COC1.Cl.N. The lowest BCUT2D eigenvalue weighted by molar-refractivity contribution is 0.0367. The lowest BCUT2D eigenvalue weighted by Gasteiger charge is -2.09. The van der Waals surface area contributed by atoms with Crippen LogP contribution in [0, 0.1) is 0 Å². The second kappa shape index (κ2) is 5.21. The van der Waals surface area contributed by atoms with Crippen LogP contribution in [0.3, 0.4) is 0 Å². The van der Waals surface area contributed by atoms with Crippen LogP contribution in [0.4, 0.5) is 0 Å². The molecule has 3 N–H and O–H groups in total. The summed E-state index contributed by atoms with van der Waals surface area (Å²) in [5.41, 5.74) is 0. The molecule has 0 aromatic carbocycles. The maximum Gasteiger partial charge on any atom is 0.0488 e. The molecule has 1 aliphatic rings. The zero-order chi connectivity index (χ0) is 2.83. The van der Waals surface area contributed by atoms with Crippen LogP contribution >= 0.6 is 12.4 Å². The predicted molar refractivity (Wildman–Crippen MR) is 27.7 cm³/mol. The molecule has 0 saturated carbocycles. The Labute approximate surface area is 43.9 Å². The van der Waals surface area contributed by atoms with Crippen molar-refractivity contribution in [1.29, 1.82) is 0 Å². The van der Waals surface area contributed by atoms with Gasteiger partial charge in [-0.2, -0.15) is 0 Å². The first kappa shape index (κ1) is 9.51. The van der Waals surface area contributed by atoms with Crippen molar-refractivity contribution in [2.75, 3.05) is 13.2 Å². The summed E-state index contributed by atoms with van der Waals surface area (Å²) in [5, 5.41) is 0. The van der Waals surface area contributed by atoms with E-state index in [1.54, 1.807) is 0 Å². The number of halogens is 1. The average molecular weight is 112 g/mol. The third-order valence-corrected chi connectivity index (χ3v) is 0.577. The third kappa shape index (κ3) is 2.45. The molecule has 0 aliphatic carbocycles. The summed E-state index contributed by atoms with van der Waals surface area (Å²) < 4.78 is 4.72. The van der Waals surface area contributed by atoms with Gasteiger partial charge < -0.3 is 10.9 Å². The highest BCUT2D eigenvalue weighted by atomic mass is 35.5. The molecule has 40 valence electrons. The lowest BCUT2D eigenvalue weighted by atomic mass is 10.4. The van der Waals surface area contributed by atoms with E-state index < -0.39 is 0 Å². The second-order valence-corrected chi connectivity index (χ2v) is 0.966. The van der Waals surface area contributed by atoms with Crippen LogP contribution in [-0.2, 0) is 4.74 Å². The fraction of sp³-hybridized carbons (Fsp3) is 1.00. The van der Waals surface area contributed by atoms with Crippen molar-refractivity contribution in [2.45, 2.75) is 6.42 Å². The zero-order valence-corrected chi connectivity index (χ0v) is 4.46. The van der Waals surface area contributed by atoms with Crippen molar-refractivity contribution < 1.29 is 4.74 Å². The summed E-state index contributed by atoms with van der Waals surface area (Å²) in [7, 11) is 0. The molecular weight excluding hydrogens is 101 g/mol. The van der Waals surface area contributed by atoms with E-state index in [4.69, 9.17) is 4.74 Å². The Balaban J connectivity index is 0. The fourth-order valence-electron chi connectivity index (χ4n) is 0.144. The third-order valence-electron chi connectivity index (χ3n) is 0.577. The molecule has 6 heavy (non-hydrogen) atoms. The number of hydrogen-bond donors (Lipinski definition) is 1. The van der Waals surface area contributed by atoms with Crippen LogP contribution in [0.5, 0.6) is 0 Å². The predicted octanol–water partition coefficient (Wildman–Crippen LogP) is 0.990. The Morgan fingerprint density at radius 3 is 1.33 bits per heavy atom. The molecule has 2 nitrogen and oxygen atoms in total. The molecule has 1 saturated heterocycles. The highest BCUT2D eigenvalue weighted by Crippen LogP contribution is 1.92. The van der Waals surface area contributed by atoms with E-state index in [2.05, 4.69) is 0 Å². The first-order chi connectivity index (χ1) is 2.00. The van der Waals surface area contributed by atoms with E-state index in [-0.39, 0.29) is 18.6 Å². The highest BCUT2D eigenvalue weighted by molar-refractivity contribution is 5.85. The molecule has 0 bridgehead atoms. The fourth-order valence-corrected chi connectivity index (χ4v) is 0.144. The number of hydrogen-bond acceptors (Lipinski definition) is 2. The minimum Gasteiger partial charge on any atom is -0.381 e. The Morgan fingerprint density at radius 1 is 1.17 bits per heavy atom. The summed E-state index contributed by atoms with van der Waals surface area (Å²) in [5.74, 6) is 0. The van der Waals surface area contributed by atoms with E-state index in [1.807, 2.05) is 0 Å². The Morgan fingerprint density at radius 2 is 1.33 bits per heavy atom. The number of rotatable bonds is 0. The van der Waals surface area contributed by atoms with Gasteiger partial charge in [-0.05, 0) is 6.42 Å². The normalized spacial score (nSPS) is 16.0. The van der Waals surface area contributed by atoms with Gasteiger partial charge >= 0.3 is 0 Å². The van der Waals surface area contributed by atoms with Crippen LogP contribution in [0.1, 0.15) is 6.42 Å². The first-order valence-corrected chi connectivity index (χ1v) is 1.58. The molecule has 0 aromatic rings. The van der Waals surface area contributed by atoms with Gasteiger partial charge in [0.05, 0.1) is 0 Å². The van der Waals surface area contributed by atoms with Crippen molar-refractivity contribution in [2.24, 2.45) is 0 Å². The highest BCUT2D eigenvalue weighted by Gasteiger charge is 1.94. The standard InChI is InChI=1S/C3H6O.ClH.H3N/c1-2-4-3-1;;/h1-3H2;1H;1H3. The molecule has 1 fully saturated rings. The molecule has 1 rings (SSSR count). The molecular formula is C3H10ClNO. The van der Waals surface area contributed by atoms with E-state index in [1.165, 1.54) is 6.42 Å². The van der Waals surface area contributed by atoms with E-state index in [9.17, 15) is 0 Å². The van der Waals surface area contributed by atoms with Crippen molar-refractivity contribution in [3.05, 3.63) is 0 Å². The van der Waals surface area contributed by atoms with Gasteiger partial charge in [-0.25, -0.2) is 0 Å². The molecule has 0 aromatic heterocycles. The minimum atomic E-state index is 0. The largest absolute Gasteiger partial charge is 0.381 e. The van der Waals surface area contributed by atoms with Gasteiger partial charge in [0, 0.05) is 13.2 Å². The van der Waals surface area contributed by atoms with Gasteiger partial charge in [0.2, 0.25) is 0 Å². The van der Waals surface area contributed by atoms with Crippen molar-refractivity contribution >= 4 is 12.4 Å². The van der Waals surface area contributed by atoms with Crippen LogP contribution in [-0.4, -0.2) is 13.2 Å². The quantitative estimate of drug-likeness (QED) is 0.507. The second-order valence-electron chi connectivity index (χ2n) is 0.966. The number of ether oxygens (including phenoxy) is 1. The van der Waals surface area contributed by atoms with Crippen LogP contribution in [0.25, 0.3) is 0 Å². The molecule has 0 atom stereocenters. The molecule has 0 amide bonds.